The quantitative estimate of drug-likeness (QED) is 0.249. The average molecular weight is 398 g/mol. The first-order valence-electron chi connectivity index (χ1n) is 9.22. The number of benzene rings is 4. The van der Waals surface area contributed by atoms with Crippen LogP contribution in [0.1, 0.15) is 0 Å². The highest BCUT2D eigenvalue weighted by molar-refractivity contribution is 5.67. The number of phenols is 2. The number of hydrogen-bond acceptors (Lipinski definition) is 6. The Kier molecular flexibility index (Phi) is 6.63. The summed E-state index contributed by atoms with van der Waals surface area (Å²) in [6.07, 6.45) is 0. The van der Waals surface area contributed by atoms with E-state index in [2.05, 4.69) is 10.2 Å². The highest BCUT2D eigenvalue weighted by Crippen LogP contribution is 2.30. The van der Waals surface area contributed by atoms with Gasteiger partial charge in [-0.2, -0.15) is 0 Å². The van der Waals surface area contributed by atoms with Gasteiger partial charge in [0, 0.05) is 11.4 Å². The fraction of sp³-hybridized carbons (Fsp3) is 0. The zero-order chi connectivity index (χ0) is 21.3. The summed E-state index contributed by atoms with van der Waals surface area (Å²) >= 11 is 0. The highest BCUT2D eigenvalue weighted by atomic mass is 16.3. The lowest BCUT2D eigenvalue weighted by Gasteiger charge is -2.02. The number of aromatic hydroxyl groups is 2. The van der Waals surface area contributed by atoms with Crippen molar-refractivity contribution in [3.05, 3.63) is 97.1 Å². The number of nitrogens with two attached hydrogens (primary N) is 2. The van der Waals surface area contributed by atoms with Crippen molar-refractivity contribution in [2.75, 3.05) is 11.5 Å². The highest BCUT2D eigenvalue weighted by Gasteiger charge is 1.99. The maximum Gasteiger partial charge on any atom is 0.143 e. The second-order valence-electron chi connectivity index (χ2n) is 6.42. The molecule has 0 bridgehead atoms. The van der Waals surface area contributed by atoms with Crippen LogP contribution < -0.4 is 11.5 Å². The third kappa shape index (κ3) is 5.59. The van der Waals surface area contributed by atoms with Gasteiger partial charge in [0.25, 0.3) is 0 Å². The van der Waals surface area contributed by atoms with Gasteiger partial charge in [0.2, 0.25) is 0 Å². The van der Waals surface area contributed by atoms with Gasteiger partial charge in [-0.3, -0.25) is 0 Å². The van der Waals surface area contributed by atoms with Crippen LogP contribution in [-0.2, 0) is 0 Å². The van der Waals surface area contributed by atoms with Gasteiger partial charge in [0.05, 0.1) is 0 Å². The molecule has 0 amide bonds. The Bertz CT molecular complexity index is 1030. The fourth-order valence-corrected chi connectivity index (χ4v) is 2.56. The topological polar surface area (TPSA) is 117 Å². The molecule has 30 heavy (non-hydrogen) atoms. The predicted molar refractivity (Wildman–Crippen MR) is 121 cm³/mol. The molecule has 0 aliphatic carbocycles. The summed E-state index contributed by atoms with van der Waals surface area (Å²) in [6, 6.07) is 28.8. The van der Waals surface area contributed by atoms with Crippen molar-refractivity contribution in [2.24, 2.45) is 10.2 Å². The smallest absolute Gasteiger partial charge is 0.143 e. The summed E-state index contributed by atoms with van der Waals surface area (Å²) in [5.41, 5.74) is 15.8. The first kappa shape index (κ1) is 20.4. The Morgan fingerprint density at radius 1 is 0.467 bits per heavy atom. The molecule has 0 spiro atoms. The van der Waals surface area contributed by atoms with Crippen LogP contribution in [0.5, 0.6) is 11.5 Å². The minimum absolute atomic E-state index is 0.0571. The van der Waals surface area contributed by atoms with E-state index in [4.69, 9.17) is 11.5 Å². The molecule has 6 heteroatoms. The van der Waals surface area contributed by atoms with Crippen molar-refractivity contribution in [1.82, 2.24) is 0 Å². The largest absolute Gasteiger partial charge is 0.506 e. The van der Waals surface area contributed by atoms with E-state index in [1.807, 2.05) is 48.5 Å². The number of phenolic OH excluding ortho intramolecular Hbond substituents is 2. The summed E-state index contributed by atoms with van der Waals surface area (Å²) < 4.78 is 0. The maximum absolute atomic E-state index is 9.44. The molecular formula is C24H22N4O2. The fourth-order valence-electron chi connectivity index (χ4n) is 2.56. The van der Waals surface area contributed by atoms with Gasteiger partial charge in [-0.25, -0.2) is 0 Å². The Hall–Kier alpha value is -4.32. The second-order valence-corrected chi connectivity index (χ2v) is 6.42. The molecule has 0 atom stereocenters. The third-order valence-electron chi connectivity index (χ3n) is 4.18. The van der Waals surface area contributed by atoms with Crippen LogP contribution >= 0.6 is 0 Å². The zero-order valence-corrected chi connectivity index (χ0v) is 16.2. The lowest BCUT2D eigenvalue weighted by atomic mass is 10.1. The predicted octanol–water partition coefficient (Wildman–Crippen LogP) is 6.03. The number of para-hydroxylation sites is 2. The standard InChI is InChI=1S/C12H10N2O2.C12H12N2/c15-11-7-3-1-5-9(11)13-14-10-6-2-4-8-12(10)16;13-11-5-1-9(2-6-11)10-3-7-12(14)8-4-10/h1-8,15-16H;1-8H,13-14H2. The van der Waals surface area contributed by atoms with Crippen molar-refractivity contribution >= 4 is 22.7 Å². The number of azo groups is 1. The average Bonchev–Trinajstić information content (AvgIpc) is 2.76. The minimum atomic E-state index is 0.0571. The van der Waals surface area contributed by atoms with Gasteiger partial charge in [-0.1, -0.05) is 48.5 Å². The van der Waals surface area contributed by atoms with E-state index in [1.165, 1.54) is 12.1 Å². The van der Waals surface area contributed by atoms with Crippen molar-refractivity contribution in [3.63, 3.8) is 0 Å². The molecule has 0 unspecified atom stereocenters. The van der Waals surface area contributed by atoms with Crippen LogP contribution in [-0.4, -0.2) is 10.2 Å². The van der Waals surface area contributed by atoms with Crippen molar-refractivity contribution in [3.8, 4) is 22.6 Å². The molecule has 0 saturated carbocycles. The monoisotopic (exact) mass is 398 g/mol. The number of anilines is 2. The van der Waals surface area contributed by atoms with Crippen molar-refractivity contribution in [2.45, 2.75) is 0 Å². The van der Waals surface area contributed by atoms with Crippen molar-refractivity contribution < 1.29 is 10.2 Å². The number of nitrogen functional groups attached to an aromatic ring is 2. The van der Waals surface area contributed by atoms with Crippen LogP contribution in [0.2, 0.25) is 0 Å². The molecule has 4 rings (SSSR count). The minimum Gasteiger partial charge on any atom is -0.506 e. The molecule has 0 radical (unpaired) electrons. The van der Waals surface area contributed by atoms with Crippen LogP contribution in [0.4, 0.5) is 22.7 Å². The molecular weight excluding hydrogens is 376 g/mol. The van der Waals surface area contributed by atoms with Crippen LogP contribution in [0.25, 0.3) is 11.1 Å². The summed E-state index contributed by atoms with van der Waals surface area (Å²) in [5.74, 6) is 0.114. The SMILES string of the molecule is Nc1ccc(-c2ccc(N)cc2)cc1.Oc1ccccc1N=Nc1ccccc1O. The van der Waals surface area contributed by atoms with E-state index >= 15 is 0 Å². The lowest BCUT2D eigenvalue weighted by molar-refractivity contribution is 0.474. The summed E-state index contributed by atoms with van der Waals surface area (Å²) in [7, 11) is 0. The molecule has 4 aromatic rings. The zero-order valence-electron chi connectivity index (χ0n) is 16.2. The Morgan fingerprint density at radius 2 is 0.800 bits per heavy atom. The lowest BCUT2D eigenvalue weighted by Crippen LogP contribution is -1.85. The van der Waals surface area contributed by atoms with E-state index < -0.39 is 0 Å². The van der Waals surface area contributed by atoms with E-state index in [0.29, 0.717) is 11.4 Å². The molecule has 0 fully saturated rings. The molecule has 6 nitrogen and oxygen atoms in total. The molecule has 150 valence electrons. The van der Waals surface area contributed by atoms with E-state index in [9.17, 15) is 10.2 Å². The van der Waals surface area contributed by atoms with Gasteiger partial charge < -0.3 is 21.7 Å². The molecule has 0 aliphatic rings. The van der Waals surface area contributed by atoms with Crippen LogP contribution in [0, 0.1) is 0 Å². The Labute approximate surface area is 174 Å². The summed E-state index contributed by atoms with van der Waals surface area (Å²) in [5, 5.41) is 26.6. The van der Waals surface area contributed by atoms with Crippen LogP contribution in [0.15, 0.2) is 107 Å². The maximum atomic E-state index is 9.44. The summed E-state index contributed by atoms with van der Waals surface area (Å²) in [4.78, 5) is 0. The van der Waals surface area contributed by atoms with E-state index in [0.717, 1.165) is 22.5 Å². The molecule has 0 aliphatic heterocycles. The molecule has 6 N–H and O–H groups in total. The number of rotatable bonds is 3. The first-order valence-corrected chi connectivity index (χ1v) is 9.22. The van der Waals surface area contributed by atoms with Gasteiger partial charge in [0.15, 0.2) is 0 Å². The van der Waals surface area contributed by atoms with Gasteiger partial charge >= 0.3 is 0 Å². The number of hydrogen-bond donors (Lipinski definition) is 4. The first-order chi connectivity index (χ1) is 14.5. The normalized spacial score (nSPS) is 10.4. The second kappa shape index (κ2) is 9.75. The van der Waals surface area contributed by atoms with Gasteiger partial charge in [-0.15, -0.1) is 10.2 Å². The van der Waals surface area contributed by atoms with E-state index in [1.54, 1.807) is 36.4 Å². The third-order valence-corrected chi connectivity index (χ3v) is 4.18. The summed E-state index contributed by atoms with van der Waals surface area (Å²) in [6.45, 7) is 0. The molecule has 0 saturated heterocycles. The Morgan fingerprint density at radius 3 is 1.13 bits per heavy atom. The molecule has 0 heterocycles. The number of nitrogens with zero attached hydrogens (tertiary/aromatic N) is 2. The molecule has 4 aromatic carbocycles. The molecule has 0 aromatic heterocycles. The van der Waals surface area contributed by atoms with Crippen LogP contribution in [0.3, 0.4) is 0 Å². The van der Waals surface area contributed by atoms with Gasteiger partial charge in [0.1, 0.15) is 22.9 Å². The Balaban J connectivity index is 0.000000172. The van der Waals surface area contributed by atoms with E-state index in [-0.39, 0.29) is 11.5 Å². The van der Waals surface area contributed by atoms with Gasteiger partial charge in [-0.05, 0) is 59.7 Å². The van der Waals surface area contributed by atoms with Crippen molar-refractivity contribution in [1.29, 1.82) is 0 Å².